The first-order valence-electron chi connectivity index (χ1n) is 6.01. The summed E-state index contributed by atoms with van der Waals surface area (Å²) in [7, 11) is 0. The molecule has 0 aliphatic carbocycles. The highest BCUT2D eigenvalue weighted by atomic mass is 19.1. The summed E-state index contributed by atoms with van der Waals surface area (Å²) in [5.41, 5.74) is 0.946. The number of aryl methyl sites for hydroxylation is 1. The van der Waals surface area contributed by atoms with Gasteiger partial charge in [-0.05, 0) is 42.5 Å². The lowest BCUT2D eigenvalue weighted by Crippen LogP contribution is -2.34. The Hall–Kier alpha value is -1.42. The van der Waals surface area contributed by atoms with Gasteiger partial charge in [-0.15, -0.1) is 0 Å². The molecular formula is C14H20FNO2. The van der Waals surface area contributed by atoms with Gasteiger partial charge in [0.15, 0.2) is 0 Å². The Kier molecular flexibility index (Phi) is 4.84. The van der Waals surface area contributed by atoms with Crippen molar-refractivity contribution in [3.05, 3.63) is 35.1 Å². The van der Waals surface area contributed by atoms with Gasteiger partial charge in [0.2, 0.25) is 0 Å². The molecule has 2 N–H and O–H groups in total. The van der Waals surface area contributed by atoms with E-state index >= 15 is 0 Å². The van der Waals surface area contributed by atoms with E-state index in [2.05, 4.69) is 5.32 Å². The van der Waals surface area contributed by atoms with Gasteiger partial charge in [-0.2, -0.15) is 0 Å². The highest BCUT2D eigenvalue weighted by molar-refractivity contribution is 5.95. The molecule has 0 heterocycles. The molecule has 18 heavy (non-hydrogen) atoms. The van der Waals surface area contributed by atoms with Crippen LogP contribution in [0.2, 0.25) is 0 Å². The van der Waals surface area contributed by atoms with E-state index < -0.39 is 0 Å². The lowest BCUT2D eigenvalue weighted by molar-refractivity contribution is 0.0927. The van der Waals surface area contributed by atoms with E-state index in [4.69, 9.17) is 5.11 Å². The summed E-state index contributed by atoms with van der Waals surface area (Å²) < 4.78 is 12.9. The van der Waals surface area contributed by atoms with Crippen LogP contribution in [-0.4, -0.2) is 24.2 Å². The largest absolute Gasteiger partial charge is 0.396 e. The lowest BCUT2D eigenvalue weighted by atomic mass is 9.89. The summed E-state index contributed by atoms with van der Waals surface area (Å²) in [5.74, 6) is -0.553. The summed E-state index contributed by atoms with van der Waals surface area (Å²) in [6, 6.07) is 4.10. The average Bonchev–Trinajstić information content (AvgIpc) is 2.26. The van der Waals surface area contributed by atoms with Crippen LogP contribution in [0.5, 0.6) is 0 Å². The number of aliphatic hydroxyl groups excluding tert-OH is 1. The molecule has 0 radical (unpaired) electrons. The van der Waals surface area contributed by atoms with E-state index in [1.165, 1.54) is 18.2 Å². The van der Waals surface area contributed by atoms with Gasteiger partial charge in [0.05, 0.1) is 0 Å². The van der Waals surface area contributed by atoms with E-state index in [1.54, 1.807) is 6.92 Å². The van der Waals surface area contributed by atoms with Gasteiger partial charge in [-0.1, -0.05) is 13.8 Å². The molecule has 0 bridgehead atoms. The van der Waals surface area contributed by atoms with Crippen LogP contribution in [0, 0.1) is 18.2 Å². The minimum Gasteiger partial charge on any atom is -0.396 e. The number of carbonyl (C=O) groups excluding carboxylic acids is 1. The highest BCUT2D eigenvalue weighted by Gasteiger charge is 2.19. The normalized spacial score (nSPS) is 11.4. The molecule has 0 spiro atoms. The minimum atomic E-state index is -0.343. The maximum Gasteiger partial charge on any atom is 0.251 e. The van der Waals surface area contributed by atoms with E-state index in [9.17, 15) is 9.18 Å². The number of benzene rings is 1. The predicted octanol–water partition coefficient (Wildman–Crippen LogP) is 2.27. The number of halogens is 1. The van der Waals surface area contributed by atoms with Crippen molar-refractivity contribution in [2.24, 2.45) is 5.41 Å². The zero-order chi connectivity index (χ0) is 13.8. The molecule has 0 aromatic heterocycles. The third kappa shape index (κ3) is 4.11. The standard InChI is InChI=1S/C14H20FNO2/c1-10-8-11(15)4-5-12(10)13(18)16-9-14(2,3)6-7-17/h4-5,8,17H,6-7,9H2,1-3H3,(H,16,18). The predicted molar refractivity (Wildman–Crippen MR) is 69.0 cm³/mol. The smallest absolute Gasteiger partial charge is 0.251 e. The van der Waals surface area contributed by atoms with Crippen molar-refractivity contribution in [3.63, 3.8) is 0 Å². The van der Waals surface area contributed by atoms with Gasteiger partial charge >= 0.3 is 0 Å². The minimum absolute atomic E-state index is 0.0957. The first-order chi connectivity index (χ1) is 8.35. The molecule has 0 unspecified atom stereocenters. The molecule has 4 heteroatoms. The van der Waals surface area contributed by atoms with Crippen molar-refractivity contribution < 1.29 is 14.3 Å². The third-order valence-electron chi connectivity index (χ3n) is 2.95. The Balaban J connectivity index is 2.66. The summed E-state index contributed by atoms with van der Waals surface area (Å²) in [4.78, 5) is 11.9. The number of rotatable bonds is 5. The molecule has 0 fully saturated rings. The second kappa shape index (κ2) is 5.96. The fourth-order valence-corrected chi connectivity index (χ4v) is 1.69. The lowest BCUT2D eigenvalue weighted by Gasteiger charge is -2.24. The van der Waals surface area contributed by atoms with E-state index in [-0.39, 0.29) is 23.7 Å². The van der Waals surface area contributed by atoms with Crippen molar-refractivity contribution in [2.75, 3.05) is 13.2 Å². The number of aliphatic hydroxyl groups is 1. The quantitative estimate of drug-likeness (QED) is 0.845. The summed E-state index contributed by atoms with van der Waals surface area (Å²) in [6.45, 7) is 6.22. The SMILES string of the molecule is Cc1cc(F)ccc1C(=O)NCC(C)(C)CCO. The van der Waals surface area contributed by atoms with Crippen LogP contribution >= 0.6 is 0 Å². The second-order valence-corrected chi connectivity index (χ2v) is 5.28. The zero-order valence-corrected chi connectivity index (χ0v) is 11.1. The first kappa shape index (κ1) is 14.6. The maximum absolute atomic E-state index is 12.9. The number of amides is 1. The molecule has 1 aromatic rings. The van der Waals surface area contributed by atoms with Crippen molar-refractivity contribution in [1.82, 2.24) is 5.32 Å². The van der Waals surface area contributed by atoms with Crippen LogP contribution in [0.4, 0.5) is 4.39 Å². The van der Waals surface area contributed by atoms with Crippen molar-refractivity contribution in [2.45, 2.75) is 27.2 Å². The molecule has 1 aromatic carbocycles. The van der Waals surface area contributed by atoms with E-state index in [1.807, 2.05) is 13.8 Å². The Bertz CT molecular complexity index is 430. The summed E-state index contributed by atoms with van der Waals surface area (Å²) in [5, 5.41) is 11.7. The average molecular weight is 253 g/mol. The molecule has 1 rings (SSSR count). The highest BCUT2D eigenvalue weighted by Crippen LogP contribution is 2.18. The van der Waals surface area contributed by atoms with Crippen LogP contribution < -0.4 is 5.32 Å². The van der Waals surface area contributed by atoms with Crippen LogP contribution in [-0.2, 0) is 0 Å². The van der Waals surface area contributed by atoms with E-state index in [0.29, 0.717) is 24.1 Å². The van der Waals surface area contributed by atoms with Crippen LogP contribution in [0.1, 0.15) is 36.2 Å². The van der Waals surface area contributed by atoms with Gasteiger partial charge in [0.25, 0.3) is 5.91 Å². The molecule has 0 aliphatic rings. The monoisotopic (exact) mass is 253 g/mol. The molecule has 1 amide bonds. The van der Waals surface area contributed by atoms with E-state index in [0.717, 1.165) is 0 Å². The number of hydrogen-bond donors (Lipinski definition) is 2. The second-order valence-electron chi connectivity index (χ2n) is 5.28. The van der Waals surface area contributed by atoms with Crippen LogP contribution in [0.25, 0.3) is 0 Å². The van der Waals surface area contributed by atoms with Crippen molar-refractivity contribution >= 4 is 5.91 Å². The fourth-order valence-electron chi connectivity index (χ4n) is 1.69. The third-order valence-corrected chi connectivity index (χ3v) is 2.95. The number of hydrogen-bond acceptors (Lipinski definition) is 2. The van der Waals surface area contributed by atoms with Crippen LogP contribution in [0.3, 0.4) is 0 Å². The van der Waals surface area contributed by atoms with Gasteiger partial charge in [-0.3, -0.25) is 4.79 Å². The number of nitrogens with one attached hydrogen (secondary N) is 1. The molecule has 100 valence electrons. The summed E-state index contributed by atoms with van der Waals surface area (Å²) >= 11 is 0. The Labute approximate surface area is 107 Å². The van der Waals surface area contributed by atoms with Crippen molar-refractivity contribution in [1.29, 1.82) is 0 Å². The van der Waals surface area contributed by atoms with Gasteiger partial charge < -0.3 is 10.4 Å². The molecule has 3 nitrogen and oxygen atoms in total. The molecule has 0 saturated heterocycles. The topological polar surface area (TPSA) is 49.3 Å². The zero-order valence-electron chi connectivity index (χ0n) is 11.1. The molecular weight excluding hydrogens is 233 g/mol. The van der Waals surface area contributed by atoms with Gasteiger partial charge in [0, 0.05) is 18.7 Å². The van der Waals surface area contributed by atoms with Gasteiger partial charge in [-0.25, -0.2) is 4.39 Å². The molecule has 0 aliphatic heterocycles. The molecule has 0 atom stereocenters. The Morgan fingerprint density at radius 1 is 1.44 bits per heavy atom. The fraction of sp³-hybridized carbons (Fsp3) is 0.500. The Morgan fingerprint density at radius 3 is 2.67 bits per heavy atom. The van der Waals surface area contributed by atoms with Crippen molar-refractivity contribution in [3.8, 4) is 0 Å². The first-order valence-corrected chi connectivity index (χ1v) is 6.01. The van der Waals surface area contributed by atoms with Gasteiger partial charge in [0.1, 0.15) is 5.82 Å². The summed E-state index contributed by atoms with van der Waals surface area (Å²) in [6.07, 6.45) is 0.621. The number of carbonyl (C=O) groups is 1. The maximum atomic E-state index is 12.9. The Morgan fingerprint density at radius 2 is 2.11 bits per heavy atom. The van der Waals surface area contributed by atoms with Crippen LogP contribution in [0.15, 0.2) is 18.2 Å². The molecule has 0 saturated carbocycles.